The zero-order chi connectivity index (χ0) is 15.7. The van der Waals surface area contributed by atoms with Gasteiger partial charge in [0.1, 0.15) is 6.04 Å². The molecular formula is C15H25N3O3. The van der Waals surface area contributed by atoms with Crippen LogP contribution in [-0.4, -0.2) is 32.6 Å². The molecule has 0 aliphatic carbocycles. The van der Waals surface area contributed by atoms with Crippen LogP contribution in [0.25, 0.3) is 0 Å². The van der Waals surface area contributed by atoms with Gasteiger partial charge in [-0.3, -0.25) is 4.79 Å². The minimum absolute atomic E-state index is 0.0260. The quantitative estimate of drug-likeness (QED) is 0.694. The maximum absolute atomic E-state index is 12.1. The maximum atomic E-state index is 12.1. The number of carbonyl (C=O) groups excluding carboxylic acids is 1. The van der Waals surface area contributed by atoms with Crippen LogP contribution in [0.4, 0.5) is 0 Å². The number of carbonyl (C=O) groups is 2. The van der Waals surface area contributed by atoms with E-state index in [4.69, 9.17) is 5.11 Å². The van der Waals surface area contributed by atoms with E-state index >= 15 is 0 Å². The Morgan fingerprint density at radius 2 is 2.05 bits per heavy atom. The van der Waals surface area contributed by atoms with E-state index in [1.54, 1.807) is 12.5 Å². The summed E-state index contributed by atoms with van der Waals surface area (Å²) < 4.78 is 1.91. The number of nitrogens with zero attached hydrogens (tertiary/aromatic N) is 2. The van der Waals surface area contributed by atoms with Gasteiger partial charge >= 0.3 is 5.97 Å². The molecule has 6 nitrogen and oxygen atoms in total. The molecule has 118 valence electrons. The molecule has 0 radical (unpaired) electrons. The molecule has 2 atom stereocenters. The Morgan fingerprint density at radius 3 is 2.57 bits per heavy atom. The van der Waals surface area contributed by atoms with Crippen LogP contribution in [0, 0.1) is 0 Å². The Hall–Kier alpha value is -1.85. The van der Waals surface area contributed by atoms with Crippen LogP contribution in [0.15, 0.2) is 18.7 Å². The molecule has 0 aliphatic rings. The van der Waals surface area contributed by atoms with E-state index in [0.29, 0.717) is 6.42 Å². The predicted octanol–water partition coefficient (Wildman–Crippen LogP) is 2.37. The lowest BCUT2D eigenvalue weighted by Crippen LogP contribution is -2.41. The zero-order valence-corrected chi connectivity index (χ0v) is 12.8. The molecular weight excluding hydrogens is 270 g/mol. The lowest BCUT2D eigenvalue weighted by atomic mass is 10.1. The van der Waals surface area contributed by atoms with Gasteiger partial charge in [0.25, 0.3) is 0 Å². The van der Waals surface area contributed by atoms with Crippen LogP contribution >= 0.6 is 0 Å². The average Bonchev–Trinajstić information content (AvgIpc) is 2.96. The number of imidazole rings is 1. The topological polar surface area (TPSA) is 84.2 Å². The highest BCUT2D eigenvalue weighted by molar-refractivity contribution is 5.83. The molecule has 0 aromatic carbocycles. The number of unbranched alkanes of at least 4 members (excludes halogenated alkanes) is 1. The number of carboxylic acids is 1. The van der Waals surface area contributed by atoms with E-state index in [0.717, 1.165) is 25.7 Å². The van der Waals surface area contributed by atoms with E-state index < -0.39 is 12.0 Å². The number of hydrogen-bond donors (Lipinski definition) is 2. The Kier molecular flexibility index (Phi) is 7.50. The largest absolute Gasteiger partial charge is 0.480 e. The van der Waals surface area contributed by atoms with Gasteiger partial charge in [-0.2, -0.15) is 0 Å². The van der Waals surface area contributed by atoms with Gasteiger partial charge in [0.05, 0.1) is 6.33 Å². The summed E-state index contributed by atoms with van der Waals surface area (Å²) in [4.78, 5) is 27.2. The fraction of sp³-hybridized carbons (Fsp3) is 0.667. The van der Waals surface area contributed by atoms with Crippen molar-refractivity contribution in [1.82, 2.24) is 14.9 Å². The Morgan fingerprint density at radius 1 is 1.29 bits per heavy atom. The van der Waals surface area contributed by atoms with E-state index in [1.807, 2.05) is 17.7 Å². The highest BCUT2D eigenvalue weighted by atomic mass is 16.4. The Balaban J connectivity index is 2.58. The Labute approximate surface area is 125 Å². The number of rotatable bonds is 10. The number of carboxylic acid groups (broad SMARTS) is 1. The second-order valence-corrected chi connectivity index (χ2v) is 5.26. The summed E-state index contributed by atoms with van der Waals surface area (Å²) in [5, 5.41) is 11.8. The summed E-state index contributed by atoms with van der Waals surface area (Å²) in [6.07, 6.45) is 9.47. The summed E-state index contributed by atoms with van der Waals surface area (Å²) >= 11 is 0. The van der Waals surface area contributed by atoms with Gasteiger partial charge < -0.3 is 15.0 Å². The standard InChI is InChI=1S/C15H25N3O3/c1-3-5-7-13(15(20)21)17-14(19)10-12(6-4-2)18-9-8-16-11-18/h8-9,11-13H,3-7,10H2,1-2H3,(H,17,19)(H,20,21). The van der Waals surface area contributed by atoms with Crippen molar-refractivity contribution < 1.29 is 14.7 Å². The van der Waals surface area contributed by atoms with Crippen molar-refractivity contribution in [1.29, 1.82) is 0 Å². The van der Waals surface area contributed by atoms with Crippen molar-refractivity contribution in [2.75, 3.05) is 0 Å². The van der Waals surface area contributed by atoms with Gasteiger partial charge in [-0.05, 0) is 12.8 Å². The number of amides is 1. The molecule has 2 N–H and O–H groups in total. The predicted molar refractivity (Wildman–Crippen MR) is 79.9 cm³/mol. The van der Waals surface area contributed by atoms with Gasteiger partial charge in [0.2, 0.25) is 5.91 Å². The van der Waals surface area contributed by atoms with Gasteiger partial charge in [0, 0.05) is 24.9 Å². The molecule has 0 saturated heterocycles. The normalized spacial score (nSPS) is 13.6. The van der Waals surface area contributed by atoms with E-state index in [-0.39, 0.29) is 18.4 Å². The molecule has 1 heterocycles. The molecule has 2 unspecified atom stereocenters. The minimum Gasteiger partial charge on any atom is -0.480 e. The molecule has 21 heavy (non-hydrogen) atoms. The lowest BCUT2D eigenvalue weighted by molar-refractivity contribution is -0.142. The summed E-state index contributed by atoms with van der Waals surface area (Å²) in [6.45, 7) is 4.06. The summed E-state index contributed by atoms with van der Waals surface area (Å²) in [7, 11) is 0. The molecule has 0 aliphatic heterocycles. The van der Waals surface area contributed by atoms with Crippen molar-refractivity contribution in [2.24, 2.45) is 0 Å². The summed E-state index contributed by atoms with van der Waals surface area (Å²) in [6, 6.07) is -0.763. The van der Waals surface area contributed by atoms with Crippen LogP contribution in [-0.2, 0) is 9.59 Å². The first-order valence-electron chi connectivity index (χ1n) is 7.58. The fourth-order valence-electron chi connectivity index (χ4n) is 2.31. The van der Waals surface area contributed by atoms with Crippen LogP contribution in [0.5, 0.6) is 0 Å². The van der Waals surface area contributed by atoms with E-state index in [2.05, 4.69) is 17.2 Å². The third kappa shape index (κ3) is 5.97. The fourth-order valence-corrected chi connectivity index (χ4v) is 2.31. The average molecular weight is 295 g/mol. The van der Waals surface area contributed by atoms with E-state index in [1.165, 1.54) is 0 Å². The van der Waals surface area contributed by atoms with Crippen molar-refractivity contribution in [2.45, 2.75) is 64.5 Å². The van der Waals surface area contributed by atoms with Gasteiger partial charge in [-0.15, -0.1) is 0 Å². The van der Waals surface area contributed by atoms with Crippen LogP contribution in [0.1, 0.15) is 58.4 Å². The smallest absolute Gasteiger partial charge is 0.326 e. The maximum Gasteiger partial charge on any atom is 0.326 e. The first-order chi connectivity index (χ1) is 10.1. The summed E-state index contributed by atoms with van der Waals surface area (Å²) in [5.74, 6) is -1.18. The number of aromatic nitrogens is 2. The second-order valence-electron chi connectivity index (χ2n) is 5.26. The lowest BCUT2D eigenvalue weighted by Gasteiger charge is -2.19. The first kappa shape index (κ1) is 17.2. The van der Waals surface area contributed by atoms with E-state index in [9.17, 15) is 9.59 Å². The van der Waals surface area contributed by atoms with Crippen LogP contribution in [0.3, 0.4) is 0 Å². The van der Waals surface area contributed by atoms with Gasteiger partial charge in [-0.25, -0.2) is 9.78 Å². The second kappa shape index (κ2) is 9.15. The third-order valence-electron chi connectivity index (χ3n) is 3.47. The summed E-state index contributed by atoms with van der Waals surface area (Å²) in [5.41, 5.74) is 0. The molecule has 0 saturated carbocycles. The number of nitrogens with one attached hydrogen (secondary N) is 1. The highest BCUT2D eigenvalue weighted by Crippen LogP contribution is 2.17. The molecule has 0 spiro atoms. The molecule has 1 aromatic heterocycles. The Bertz CT molecular complexity index is 431. The van der Waals surface area contributed by atoms with Crippen molar-refractivity contribution in [3.05, 3.63) is 18.7 Å². The monoisotopic (exact) mass is 295 g/mol. The molecule has 6 heteroatoms. The number of hydrogen-bond acceptors (Lipinski definition) is 3. The minimum atomic E-state index is -0.966. The molecule has 0 bridgehead atoms. The van der Waals surface area contributed by atoms with Crippen molar-refractivity contribution in [3.63, 3.8) is 0 Å². The molecule has 1 rings (SSSR count). The molecule has 1 aromatic rings. The number of aliphatic carboxylic acids is 1. The van der Waals surface area contributed by atoms with Gasteiger partial charge in [-0.1, -0.05) is 33.1 Å². The SMILES string of the molecule is CCCCC(NC(=O)CC(CCC)n1ccnc1)C(=O)O. The molecule has 1 amide bonds. The first-order valence-corrected chi connectivity index (χ1v) is 7.58. The van der Waals surface area contributed by atoms with Crippen molar-refractivity contribution >= 4 is 11.9 Å². The van der Waals surface area contributed by atoms with Gasteiger partial charge in [0.15, 0.2) is 0 Å². The zero-order valence-electron chi connectivity index (χ0n) is 12.8. The van der Waals surface area contributed by atoms with Crippen LogP contribution in [0.2, 0.25) is 0 Å². The van der Waals surface area contributed by atoms with Crippen LogP contribution < -0.4 is 5.32 Å². The highest BCUT2D eigenvalue weighted by Gasteiger charge is 2.21. The third-order valence-corrected chi connectivity index (χ3v) is 3.47. The molecule has 0 fully saturated rings. The van der Waals surface area contributed by atoms with Crippen molar-refractivity contribution in [3.8, 4) is 0 Å².